The predicted molar refractivity (Wildman–Crippen MR) is 205 cm³/mol. The molecule has 1 unspecified atom stereocenters. The number of nitrogens with two attached hydrogens (primary N) is 1. The molecule has 3 N–H and O–H groups in total. The summed E-state index contributed by atoms with van der Waals surface area (Å²) in [6.07, 6.45) is 10.8. The highest BCUT2D eigenvalue weighted by Gasteiger charge is 2.27. The van der Waals surface area contributed by atoms with E-state index in [1.54, 1.807) is 44.4 Å². The standard InChI is InChI=1S/C29H35FN6O2.C5H10O.C4H10.C2H6/c1-5-7-10-19(15-18(3)4)28-35-25(26-27(31)33-13-14-36(26)28)24-21(30)16-20(17-22(24)38-6-2)29(37)34-23-11-8-9-12-32-23;1-3-4-5(2)6;1-4(2)3;1-2/h8-9,11-14,16-19H,5-7,10,15H2,1-4H3,(H2,31,33)(H,32,34,37);3-4H2,1-2H3;4H,1-3H3;1-2H3. The Balaban J connectivity index is 0.000000904. The van der Waals surface area contributed by atoms with Crippen molar-refractivity contribution in [3.8, 4) is 17.0 Å². The summed E-state index contributed by atoms with van der Waals surface area (Å²) in [5, 5.41) is 2.69. The number of Topliss-reactive ketones (excluding diaryl/α,β-unsaturated/α-hetero) is 1. The molecule has 3 heterocycles. The van der Waals surface area contributed by atoms with Crippen molar-refractivity contribution in [1.82, 2.24) is 19.4 Å². The molecule has 1 amide bonds. The Labute approximate surface area is 299 Å². The van der Waals surface area contributed by atoms with Crippen LogP contribution < -0.4 is 15.8 Å². The van der Waals surface area contributed by atoms with Gasteiger partial charge in [-0.2, -0.15) is 0 Å². The number of ether oxygens (including phenoxy) is 1. The van der Waals surface area contributed by atoms with Crippen molar-refractivity contribution in [3.63, 3.8) is 0 Å². The summed E-state index contributed by atoms with van der Waals surface area (Å²) in [7, 11) is 0. The topological polar surface area (TPSA) is 124 Å². The average molecular weight is 693 g/mol. The number of hydrogen-bond donors (Lipinski definition) is 2. The van der Waals surface area contributed by atoms with Gasteiger partial charge in [0, 0.05) is 36.5 Å². The van der Waals surface area contributed by atoms with Crippen LogP contribution in [-0.4, -0.2) is 37.6 Å². The van der Waals surface area contributed by atoms with Crippen molar-refractivity contribution in [2.45, 2.75) is 121 Å². The van der Waals surface area contributed by atoms with Gasteiger partial charge in [-0.3, -0.25) is 9.20 Å². The van der Waals surface area contributed by atoms with E-state index in [0.29, 0.717) is 22.9 Å². The molecular weight excluding hydrogens is 631 g/mol. The number of fused-ring (bicyclic) bond motifs is 1. The lowest BCUT2D eigenvalue weighted by molar-refractivity contribution is -0.117. The van der Waals surface area contributed by atoms with Crippen LogP contribution in [0.15, 0.2) is 48.9 Å². The van der Waals surface area contributed by atoms with Gasteiger partial charge in [-0.1, -0.05) is 81.2 Å². The largest absolute Gasteiger partial charge is 0.493 e. The van der Waals surface area contributed by atoms with Gasteiger partial charge in [-0.15, -0.1) is 0 Å². The molecule has 0 bridgehead atoms. The van der Waals surface area contributed by atoms with Gasteiger partial charge in [0.2, 0.25) is 0 Å². The first-order valence-corrected chi connectivity index (χ1v) is 18.1. The van der Waals surface area contributed by atoms with Crippen molar-refractivity contribution in [2.24, 2.45) is 11.8 Å². The van der Waals surface area contributed by atoms with E-state index in [4.69, 9.17) is 15.5 Å². The number of rotatable bonds is 13. The molecule has 1 atom stereocenters. The zero-order valence-corrected chi connectivity index (χ0v) is 32.3. The van der Waals surface area contributed by atoms with Crippen LogP contribution in [0.3, 0.4) is 0 Å². The maximum absolute atomic E-state index is 15.9. The van der Waals surface area contributed by atoms with E-state index < -0.39 is 11.7 Å². The zero-order chi connectivity index (χ0) is 37.8. The SMILES string of the molecule is CC.CC(C)C.CCCC(C)=O.CCCCC(CC(C)C)c1nc(-c2c(F)cc(C(=O)Nc3ccccn3)cc2OCC)c2c(N)nccn12. The van der Waals surface area contributed by atoms with Crippen molar-refractivity contribution in [2.75, 3.05) is 17.7 Å². The second kappa shape index (κ2) is 23.1. The summed E-state index contributed by atoms with van der Waals surface area (Å²) >= 11 is 0. The molecule has 4 aromatic rings. The van der Waals surface area contributed by atoms with Gasteiger partial charge < -0.3 is 20.6 Å². The number of nitrogens with zero attached hydrogens (tertiary/aromatic N) is 4. The third-order valence-electron chi connectivity index (χ3n) is 7.00. The normalized spacial score (nSPS) is 11.1. The van der Waals surface area contributed by atoms with Crippen LogP contribution in [0.1, 0.15) is 137 Å². The predicted octanol–water partition coefficient (Wildman–Crippen LogP) is 10.5. The molecule has 50 heavy (non-hydrogen) atoms. The molecule has 9 nitrogen and oxygen atoms in total. The number of halogens is 1. The Bertz CT molecular complexity index is 1580. The number of aromatic nitrogens is 4. The van der Waals surface area contributed by atoms with Crippen molar-refractivity contribution in [1.29, 1.82) is 0 Å². The molecule has 3 aromatic heterocycles. The number of carbonyl (C=O) groups is 2. The number of pyridine rings is 1. The van der Waals surface area contributed by atoms with Gasteiger partial charge in [0.25, 0.3) is 5.91 Å². The number of unbranched alkanes of at least 4 members (excludes halogenated alkanes) is 1. The fraction of sp³-hybridized carbons (Fsp3) is 0.525. The van der Waals surface area contributed by atoms with Crippen LogP contribution in [0, 0.1) is 17.7 Å². The number of nitrogens with one attached hydrogen (secondary N) is 1. The number of imidazole rings is 1. The van der Waals surface area contributed by atoms with Crippen molar-refractivity contribution < 1.29 is 18.7 Å². The van der Waals surface area contributed by atoms with Gasteiger partial charge in [-0.25, -0.2) is 19.3 Å². The molecule has 10 heteroatoms. The number of ketones is 1. The lowest BCUT2D eigenvalue weighted by Gasteiger charge is -2.18. The number of amides is 1. The van der Waals surface area contributed by atoms with E-state index in [-0.39, 0.29) is 41.0 Å². The third kappa shape index (κ3) is 13.9. The third-order valence-corrected chi connectivity index (χ3v) is 7.00. The highest BCUT2D eigenvalue weighted by molar-refractivity contribution is 6.04. The van der Waals surface area contributed by atoms with Crippen LogP contribution in [-0.2, 0) is 4.79 Å². The van der Waals surface area contributed by atoms with E-state index in [2.05, 4.69) is 56.8 Å². The summed E-state index contributed by atoms with van der Waals surface area (Å²) in [6.45, 7) is 22.7. The molecule has 4 rings (SSSR count). The van der Waals surface area contributed by atoms with Crippen molar-refractivity contribution >= 4 is 28.8 Å². The molecule has 276 valence electrons. The minimum atomic E-state index is -0.633. The van der Waals surface area contributed by atoms with E-state index >= 15 is 4.39 Å². The lowest BCUT2D eigenvalue weighted by atomic mass is 9.91. The maximum Gasteiger partial charge on any atom is 0.257 e. The van der Waals surface area contributed by atoms with Gasteiger partial charge in [0.05, 0.1) is 12.2 Å². The highest BCUT2D eigenvalue weighted by Crippen LogP contribution is 2.40. The lowest BCUT2D eigenvalue weighted by Crippen LogP contribution is -2.14. The molecule has 0 spiro atoms. The fourth-order valence-corrected chi connectivity index (χ4v) is 5.11. The number of hydrogen-bond acceptors (Lipinski definition) is 7. The van der Waals surface area contributed by atoms with Crippen LogP contribution >= 0.6 is 0 Å². The summed E-state index contributed by atoms with van der Waals surface area (Å²) in [5.74, 6) is 2.27. The van der Waals surface area contributed by atoms with E-state index in [1.165, 1.54) is 12.1 Å². The zero-order valence-electron chi connectivity index (χ0n) is 32.3. The van der Waals surface area contributed by atoms with E-state index in [1.807, 2.05) is 31.4 Å². The van der Waals surface area contributed by atoms with Gasteiger partial charge in [0.15, 0.2) is 0 Å². The second-order valence-corrected chi connectivity index (χ2v) is 12.9. The number of anilines is 2. The van der Waals surface area contributed by atoms with E-state index in [0.717, 1.165) is 50.3 Å². The van der Waals surface area contributed by atoms with Gasteiger partial charge in [-0.05, 0) is 69.2 Å². The second-order valence-electron chi connectivity index (χ2n) is 12.9. The first-order chi connectivity index (χ1) is 23.8. The Morgan fingerprint density at radius 1 is 1.00 bits per heavy atom. The summed E-state index contributed by atoms with van der Waals surface area (Å²) in [5.41, 5.74) is 7.49. The molecule has 0 aliphatic rings. The van der Waals surface area contributed by atoms with Gasteiger partial charge in [0.1, 0.15) is 46.0 Å². The Hall–Kier alpha value is -4.34. The number of nitrogen functional groups attached to an aromatic ring is 1. The van der Waals surface area contributed by atoms with Crippen molar-refractivity contribution in [3.05, 3.63) is 66.1 Å². The highest BCUT2D eigenvalue weighted by atomic mass is 19.1. The quantitative estimate of drug-likeness (QED) is 0.143. The molecular formula is C40H61FN6O3. The summed E-state index contributed by atoms with van der Waals surface area (Å²) in [6, 6.07) is 7.88. The molecule has 0 saturated heterocycles. The monoisotopic (exact) mass is 692 g/mol. The van der Waals surface area contributed by atoms with Crippen LogP contribution in [0.4, 0.5) is 16.0 Å². The number of carbonyl (C=O) groups excluding carboxylic acids is 2. The Morgan fingerprint density at radius 2 is 1.68 bits per heavy atom. The average Bonchev–Trinajstić information content (AvgIpc) is 3.44. The molecule has 1 aromatic carbocycles. The fourth-order valence-electron chi connectivity index (χ4n) is 5.11. The summed E-state index contributed by atoms with van der Waals surface area (Å²) < 4.78 is 23.7. The minimum absolute atomic E-state index is 0.107. The first-order valence-electron chi connectivity index (χ1n) is 18.1. The molecule has 0 aliphatic heterocycles. The van der Waals surface area contributed by atoms with Gasteiger partial charge >= 0.3 is 0 Å². The van der Waals surface area contributed by atoms with Crippen LogP contribution in [0.2, 0.25) is 0 Å². The molecule has 0 fully saturated rings. The Morgan fingerprint density at radius 3 is 2.20 bits per heavy atom. The van der Waals surface area contributed by atoms with Crippen LogP contribution in [0.25, 0.3) is 16.8 Å². The minimum Gasteiger partial charge on any atom is -0.493 e. The smallest absolute Gasteiger partial charge is 0.257 e. The molecule has 0 saturated carbocycles. The number of benzene rings is 1. The summed E-state index contributed by atoms with van der Waals surface area (Å²) in [4.78, 5) is 36.3. The molecule has 0 radical (unpaired) electrons. The van der Waals surface area contributed by atoms with Crippen LogP contribution in [0.5, 0.6) is 5.75 Å². The Kier molecular flexibility index (Phi) is 20.2. The van der Waals surface area contributed by atoms with E-state index in [9.17, 15) is 9.59 Å². The maximum atomic E-state index is 15.9. The molecule has 0 aliphatic carbocycles. The first kappa shape index (κ1) is 43.7.